The number of pyridine rings is 1. The van der Waals surface area contributed by atoms with Gasteiger partial charge in [0.2, 0.25) is 0 Å². The van der Waals surface area contributed by atoms with Gasteiger partial charge in [-0.25, -0.2) is 4.98 Å². The van der Waals surface area contributed by atoms with E-state index in [0.29, 0.717) is 35.9 Å². The van der Waals surface area contributed by atoms with Gasteiger partial charge < -0.3 is 15.0 Å². The van der Waals surface area contributed by atoms with Gasteiger partial charge in [0.1, 0.15) is 11.9 Å². The van der Waals surface area contributed by atoms with Gasteiger partial charge in [-0.05, 0) is 5.41 Å². The van der Waals surface area contributed by atoms with Crippen molar-refractivity contribution in [2.45, 2.75) is 39.6 Å². The Balaban J connectivity index is 1.72. The van der Waals surface area contributed by atoms with Gasteiger partial charge in [0, 0.05) is 43.0 Å². The Kier molecular flexibility index (Phi) is 4.18. The number of H-pyrrole nitrogens is 1. The highest BCUT2D eigenvalue weighted by molar-refractivity contribution is 6.32. The van der Waals surface area contributed by atoms with Crippen LogP contribution in [0.1, 0.15) is 36.7 Å². The smallest absolute Gasteiger partial charge is 0.256 e. The van der Waals surface area contributed by atoms with E-state index in [-0.39, 0.29) is 17.2 Å². The number of aliphatic hydroxyl groups excluding tert-OH is 1. The van der Waals surface area contributed by atoms with Crippen molar-refractivity contribution in [1.82, 2.24) is 19.8 Å². The summed E-state index contributed by atoms with van der Waals surface area (Å²) in [5.41, 5.74) is 1.64. The van der Waals surface area contributed by atoms with Crippen LogP contribution in [-0.2, 0) is 6.54 Å². The molecule has 8 heteroatoms. The van der Waals surface area contributed by atoms with Gasteiger partial charge in [-0.3, -0.25) is 9.69 Å². The molecule has 1 amide bonds. The predicted octanol–water partition coefficient (Wildman–Crippen LogP) is 2.36. The molecule has 0 spiro atoms. The molecule has 2 aliphatic heterocycles. The Morgan fingerprint density at radius 3 is 2.78 bits per heavy atom. The van der Waals surface area contributed by atoms with Crippen molar-refractivity contribution in [3.63, 3.8) is 0 Å². The number of amides is 1. The number of nitrogens with zero attached hydrogens (tertiary/aromatic N) is 4. The van der Waals surface area contributed by atoms with E-state index >= 15 is 0 Å². The van der Waals surface area contributed by atoms with Gasteiger partial charge >= 0.3 is 0 Å². The minimum absolute atomic E-state index is 0.0668. The van der Waals surface area contributed by atoms with Crippen molar-refractivity contribution in [3.05, 3.63) is 28.5 Å². The van der Waals surface area contributed by atoms with Crippen LogP contribution in [0.2, 0.25) is 5.02 Å². The monoisotopic (exact) mass is 387 g/mol. The number of carbonyl (C=O) groups excluding carboxylic acids is 1. The number of aliphatic hydroxyl groups is 1. The van der Waals surface area contributed by atoms with E-state index in [9.17, 15) is 9.90 Å². The van der Waals surface area contributed by atoms with Crippen molar-refractivity contribution in [2.75, 3.05) is 13.1 Å². The van der Waals surface area contributed by atoms with Gasteiger partial charge in [0.15, 0.2) is 0 Å². The van der Waals surface area contributed by atoms with Gasteiger partial charge in [-0.15, -0.1) is 0 Å². The molecule has 2 aliphatic rings. The van der Waals surface area contributed by atoms with Gasteiger partial charge in [-0.1, -0.05) is 32.4 Å². The lowest BCUT2D eigenvalue weighted by molar-refractivity contribution is -0.120. The number of nitrogens with one attached hydrogen (secondary N) is 1. The molecule has 1 fully saturated rings. The molecular weight excluding hydrogens is 366 g/mol. The molecule has 7 nitrogen and oxygen atoms in total. The van der Waals surface area contributed by atoms with Crippen LogP contribution in [-0.4, -0.2) is 56.1 Å². The van der Waals surface area contributed by atoms with Crippen molar-refractivity contribution in [1.29, 1.82) is 5.26 Å². The summed E-state index contributed by atoms with van der Waals surface area (Å²) in [5, 5.41) is 21.4. The Bertz CT molecular complexity index is 951. The number of likely N-dealkylation sites (tertiary alicyclic amines) is 1. The Labute approximate surface area is 162 Å². The second kappa shape index (κ2) is 6.20. The molecule has 0 radical (unpaired) electrons. The lowest BCUT2D eigenvalue weighted by Gasteiger charge is -2.50. The zero-order valence-corrected chi connectivity index (χ0v) is 16.3. The van der Waals surface area contributed by atoms with Crippen molar-refractivity contribution in [2.24, 2.45) is 11.3 Å². The second-order valence-corrected chi connectivity index (χ2v) is 8.86. The average Bonchev–Trinajstić information content (AvgIpc) is 2.97. The third-order valence-electron chi connectivity index (χ3n) is 5.55. The van der Waals surface area contributed by atoms with E-state index in [1.807, 2.05) is 25.7 Å². The van der Waals surface area contributed by atoms with Crippen LogP contribution >= 0.6 is 11.6 Å². The molecule has 1 saturated heterocycles. The number of aromatic nitrogens is 2. The zero-order chi connectivity index (χ0) is 19.5. The molecule has 2 atom stereocenters. The molecule has 0 aromatic carbocycles. The maximum atomic E-state index is 13.3. The Morgan fingerprint density at radius 2 is 2.15 bits per heavy atom. The lowest BCUT2D eigenvalue weighted by Crippen LogP contribution is -2.63. The number of hydrogen-bond acceptors (Lipinski definition) is 5. The zero-order valence-electron chi connectivity index (χ0n) is 15.5. The minimum Gasteiger partial charge on any atom is -0.376 e. The normalized spacial score (nSPS) is 20.4. The number of nitriles is 1. The molecule has 0 saturated carbocycles. The predicted molar refractivity (Wildman–Crippen MR) is 101 cm³/mol. The summed E-state index contributed by atoms with van der Waals surface area (Å²) < 4.78 is 0. The lowest BCUT2D eigenvalue weighted by atomic mass is 9.81. The Morgan fingerprint density at radius 1 is 1.44 bits per heavy atom. The van der Waals surface area contributed by atoms with Crippen molar-refractivity contribution < 1.29 is 9.90 Å². The third kappa shape index (κ3) is 2.80. The number of rotatable bonds is 3. The minimum atomic E-state index is -0.852. The first kappa shape index (κ1) is 18.2. The summed E-state index contributed by atoms with van der Waals surface area (Å²) in [4.78, 5) is 24.1. The van der Waals surface area contributed by atoms with Crippen molar-refractivity contribution >= 4 is 28.5 Å². The molecule has 2 aromatic heterocycles. The first-order valence-electron chi connectivity index (χ1n) is 8.99. The fourth-order valence-electron chi connectivity index (χ4n) is 4.17. The first-order chi connectivity index (χ1) is 12.7. The largest absolute Gasteiger partial charge is 0.376 e. The molecule has 0 aliphatic carbocycles. The molecule has 2 aromatic rings. The number of carbonyl (C=O) groups is 1. The van der Waals surface area contributed by atoms with Crippen LogP contribution in [0.3, 0.4) is 0 Å². The van der Waals surface area contributed by atoms with Crippen LogP contribution in [0.25, 0.3) is 11.0 Å². The molecule has 4 heterocycles. The highest BCUT2D eigenvalue weighted by Gasteiger charge is 2.46. The summed E-state index contributed by atoms with van der Waals surface area (Å²) in [7, 11) is 0. The van der Waals surface area contributed by atoms with Gasteiger partial charge in [0.05, 0.1) is 28.6 Å². The molecular formula is C19H22ClN5O2. The summed E-state index contributed by atoms with van der Waals surface area (Å²) in [6.07, 6.45) is 2.39. The molecule has 4 rings (SSSR count). The fraction of sp³-hybridized carbons (Fsp3) is 0.526. The van der Waals surface area contributed by atoms with Crippen molar-refractivity contribution in [3.8, 4) is 6.07 Å². The fourth-order valence-corrected chi connectivity index (χ4v) is 4.37. The SMILES string of the molecule is CC(C)(C)C(C(O)N1CC(C#N)C1)N1Cc2c(Cl)cnc3[nH]cc(c23)C1=O. The van der Waals surface area contributed by atoms with Gasteiger partial charge in [0.25, 0.3) is 5.91 Å². The molecule has 0 bridgehead atoms. The van der Waals surface area contributed by atoms with Crippen LogP contribution in [0.4, 0.5) is 0 Å². The highest BCUT2D eigenvalue weighted by Crippen LogP contribution is 2.39. The van der Waals surface area contributed by atoms with Crippen LogP contribution in [0.5, 0.6) is 0 Å². The van der Waals surface area contributed by atoms with Gasteiger partial charge in [-0.2, -0.15) is 5.26 Å². The molecule has 27 heavy (non-hydrogen) atoms. The van der Waals surface area contributed by atoms with E-state index < -0.39 is 12.3 Å². The van der Waals surface area contributed by atoms with E-state index in [0.717, 1.165) is 10.9 Å². The molecule has 2 unspecified atom stereocenters. The summed E-state index contributed by atoms with van der Waals surface area (Å²) >= 11 is 6.39. The quantitative estimate of drug-likeness (QED) is 0.842. The first-order valence-corrected chi connectivity index (χ1v) is 9.37. The summed E-state index contributed by atoms with van der Waals surface area (Å²) in [6.45, 7) is 7.37. The second-order valence-electron chi connectivity index (χ2n) is 8.45. The van der Waals surface area contributed by atoms with E-state index in [1.165, 1.54) is 0 Å². The maximum absolute atomic E-state index is 13.3. The maximum Gasteiger partial charge on any atom is 0.256 e. The standard InChI is InChI=1S/C19H22ClN5O2/c1-19(2,3)15(18(27)24-7-10(4-21)8-24)25-9-12-13(20)6-23-16-14(12)11(5-22-16)17(25)26/h5-6,10,15,18,27H,7-9H2,1-3H3,(H,22,23). The van der Waals surface area contributed by atoms with E-state index in [2.05, 4.69) is 16.0 Å². The van der Waals surface area contributed by atoms with Crippen LogP contribution < -0.4 is 0 Å². The van der Waals surface area contributed by atoms with E-state index in [4.69, 9.17) is 16.9 Å². The summed E-state index contributed by atoms with van der Waals surface area (Å²) in [5.74, 6) is -0.211. The van der Waals surface area contributed by atoms with E-state index in [1.54, 1.807) is 17.3 Å². The average molecular weight is 388 g/mol. The number of aromatic amines is 1. The summed E-state index contributed by atoms with van der Waals surface area (Å²) in [6, 6.07) is 1.77. The van der Waals surface area contributed by atoms with Crippen LogP contribution in [0.15, 0.2) is 12.4 Å². The number of halogens is 1. The van der Waals surface area contributed by atoms with Crippen LogP contribution in [0, 0.1) is 22.7 Å². The molecule has 2 N–H and O–H groups in total. The highest BCUT2D eigenvalue weighted by atomic mass is 35.5. The topological polar surface area (TPSA) is 96.2 Å². The Hall–Kier alpha value is -2.14. The number of hydrogen-bond donors (Lipinski definition) is 2. The third-order valence-corrected chi connectivity index (χ3v) is 5.87. The molecule has 142 valence electrons.